The highest BCUT2D eigenvalue weighted by Crippen LogP contribution is 2.58. The van der Waals surface area contributed by atoms with E-state index < -0.39 is 11.8 Å². The fourth-order valence-corrected chi connectivity index (χ4v) is 9.78. The number of allylic oxidation sites excluding steroid dienone is 14. The molecule has 0 amide bonds. The van der Waals surface area contributed by atoms with Crippen LogP contribution in [-0.4, -0.2) is 11.8 Å². The maximum absolute atomic E-state index is 18.3. The Bertz CT molecular complexity index is 1420. The van der Waals surface area contributed by atoms with Crippen molar-refractivity contribution in [2.24, 2.45) is 35.0 Å². The number of halogens is 2. The SMILES string of the molecule is C#C/C(C)=C(C(C)=C(C)C)/C(C=C)=C/C1=C(CC)C(/C(C=C)=C/CC(C(C)C)C(C)F)=CC1(F)CC1CCC2(CC1)C(C)CCCC2CC. The van der Waals surface area contributed by atoms with E-state index in [-0.39, 0.29) is 11.8 Å². The minimum absolute atomic E-state index is 0.108. The Balaban J connectivity index is 2.18. The van der Waals surface area contributed by atoms with E-state index in [1.807, 2.05) is 31.2 Å². The van der Waals surface area contributed by atoms with Crippen LogP contribution in [0.4, 0.5) is 8.78 Å². The van der Waals surface area contributed by atoms with E-state index in [4.69, 9.17) is 6.42 Å². The molecule has 2 saturated carbocycles. The summed E-state index contributed by atoms with van der Waals surface area (Å²) in [6.07, 6.45) is 26.3. The summed E-state index contributed by atoms with van der Waals surface area (Å²) in [7, 11) is 0. The van der Waals surface area contributed by atoms with Crippen LogP contribution in [0, 0.1) is 47.3 Å². The zero-order chi connectivity index (χ0) is 36.7. The normalized spacial score (nSPS) is 29.7. The van der Waals surface area contributed by atoms with Crippen molar-refractivity contribution in [1.29, 1.82) is 0 Å². The Morgan fingerprint density at radius 2 is 1.69 bits per heavy atom. The van der Waals surface area contributed by atoms with Crippen LogP contribution >= 0.6 is 0 Å². The maximum Gasteiger partial charge on any atom is 0.155 e. The molecule has 0 bridgehead atoms. The van der Waals surface area contributed by atoms with E-state index in [0.29, 0.717) is 36.2 Å². The van der Waals surface area contributed by atoms with E-state index in [1.165, 1.54) is 38.5 Å². The van der Waals surface area contributed by atoms with Crippen LogP contribution in [0.1, 0.15) is 140 Å². The lowest BCUT2D eigenvalue weighted by molar-refractivity contribution is -0.0251. The van der Waals surface area contributed by atoms with Crippen molar-refractivity contribution >= 4 is 0 Å². The smallest absolute Gasteiger partial charge is 0.155 e. The molecule has 1 spiro atoms. The summed E-state index contributed by atoms with van der Waals surface area (Å²) in [5.41, 5.74) is 7.15. The molecule has 5 unspecified atom stereocenters. The predicted octanol–water partition coefficient (Wildman–Crippen LogP) is 14.3. The van der Waals surface area contributed by atoms with Crippen LogP contribution in [-0.2, 0) is 0 Å². The van der Waals surface area contributed by atoms with Gasteiger partial charge >= 0.3 is 0 Å². The molecular formula is C47H68F2. The molecule has 2 fully saturated rings. The lowest BCUT2D eigenvalue weighted by Crippen LogP contribution is -2.43. The van der Waals surface area contributed by atoms with Crippen LogP contribution in [0.5, 0.6) is 0 Å². The average Bonchev–Trinajstić information content (AvgIpc) is 3.34. The van der Waals surface area contributed by atoms with Crippen molar-refractivity contribution in [2.75, 3.05) is 0 Å². The molecule has 0 heterocycles. The summed E-state index contributed by atoms with van der Waals surface area (Å²) in [6, 6.07) is 0. The van der Waals surface area contributed by atoms with Gasteiger partial charge in [0.05, 0.1) is 0 Å². The Morgan fingerprint density at radius 3 is 2.18 bits per heavy atom. The minimum atomic E-state index is -1.65. The molecule has 0 nitrogen and oxygen atoms in total. The lowest BCUT2D eigenvalue weighted by atomic mass is 9.52. The molecular weight excluding hydrogens is 603 g/mol. The number of hydrogen-bond donors (Lipinski definition) is 0. The second kappa shape index (κ2) is 17.5. The quantitative estimate of drug-likeness (QED) is 0.127. The van der Waals surface area contributed by atoms with E-state index in [0.717, 1.165) is 69.3 Å². The molecule has 0 aromatic heterocycles. The van der Waals surface area contributed by atoms with Gasteiger partial charge in [-0.15, -0.1) is 6.42 Å². The van der Waals surface area contributed by atoms with Crippen LogP contribution in [0.3, 0.4) is 0 Å². The molecule has 0 aliphatic heterocycles. The second-order valence-electron chi connectivity index (χ2n) is 16.2. The summed E-state index contributed by atoms with van der Waals surface area (Å²) in [6.45, 7) is 29.3. The van der Waals surface area contributed by atoms with E-state index >= 15 is 4.39 Å². The number of alkyl halides is 2. The maximum atomic E-state index is 18.3. The first-order valence-corrected chi connectivity index (χ1v) is 19.4. The molecule has 0 radical (unpaired) electrons. The van der Waals surface area contributed by atoms with Crippen LogP contribution in [0.15, 0.2) is 93.7 Å². The molecule has 0 N–H and O–H groups in total. The Labute approximate surface area is 300 Å². The molecule has 2 heteroatoms. The lowest BCUT2D eigenvalue weighted by Gasteiger charge is -2.53. The van der Waals surface area contributed by atoms with Gasteiger partial charge in [-0.2, -0.15) is 0 Å². The number of hydrogen-bond acceptors (Lipinski definition) is 0. The largest absolute Gasteiger partial charge is 0.247 e. The summed E-state index contributed by atoms with van der Waals surface area (Å²) < 4.78 is 32.9. The fraction of sp³-hybridized carbons (Fsp3) is 0.617. The average molecular weight is 671 g/mol. The molecule has 3 aliphatic carbocycles. The van der Waals surface area contributed by atoms with Gasteiger partial charge < -0.3 is 0 Å². The van der Waals surface area contributed by atoms with Gasteiger partial charge in [-0.1, -0.05) is 96.8 Å². The monoisotopic (exact) mass is 671 g/mol. The van der Waals surface area contributed by atoms with Crippen molar-refractivity contribution in [3.63, 3.8) is 0 Å². The minimum Gasteiger partial charge on any atom is -0.247 e. The topological polar surface area (TPSA) is 0 Å². The van der Waals surface area contributed by atoms with Gasteiger partial charge in [0.15, 0.2) is 5.67 Å². The van der Waals surface area contributed by atoms with Crippen molar-refractivity contribution in [2.45, 2.75) is 152 Å². The summed E-state index contributed by atoms with van der Waals surface area (Å²) in [5, 5.41) is 0. The highest BCUT2D eigenvalue weighted by Gasteiger charge is 2.48. The Hall–Kier alpha value is -2.66. The van der Waals surface area contributed by atoms with Gasteiger partial charge in [0.2, 0.25) is 0 Å². The van der Waals surface area contributed by atoms with Crippen molar-refractivity contribution in [3.05, 3.63) is 93.7 Å². The van der Waals surface area contributed by atoms with Gasteiger partial charge in [-0.05, 0) is 172 Å². The molecule has 3 aliphatic rings. The zero-order valence-electron chi connectivity index (χ0n) is 32.9. The highest BCUT2D eigenvalue weighted by molar-refractivity contribution is 5.67. The molecule has 270 valence electrons. The van der Waals surface area contributed by atoms with E-state index in [1.54, 1.807) is 6.92 Å². The summed E-state index contributed by atoms with van der Waals surface area (Å²) in [5.74, 6) is 4.79. The third-order valence-corrected chi connectivity index (χ3v) is 13.0. The molecule has 49 heavy (non-hydrogen) atoms. The standard InChI is InChI=1S/C47H68F2/c1-14-33(10)45(35(12)31(6)7)39(16-3)28-44-41(18-5)43(38(15-2)22-23-42(32(8)9)36(13)48)30-47(44,49)29-37-24-26-46(27-25-37)34(11)20-19-21-40(46)17-4/h1,15-16,22,28,30,32,34,36-37,40,42H,2-3,17-21,23-27,29H2,4-13H3/b38-22+,39-28+,45-33+. The van der Waals surface area contributed by atoms with Crippen LogP contribution < -0.4 is 0 Å². The second-order valence-corrected chi connectivity index (χ2v) is 16.2. The predicted molar refractivity (Wildman–Crippen MR) is 211 cm³/mol. The molecule has 0 aromatic rings. The van der Waals surface area contributed by atoms with E-state index in [9.17, 15) is 4.39 Å². The Kier molecular flexibility index (Phi) is 14.6. The zero-order valence-corrected chi connectivity index (χ0v) is 32.9. The first-order valence-electron chi connectivity index (χ1n) is 19.4. The molecule has 5 atom stereocenters. The molecule has 0 aromatic carbocycles. The van der Waals surface area contributed by atoms with Gasteiger partial charge in [-0.25, -0.2) is 8.78 Å². The van der Waals surface area contributed by atoms with Gasteiger partial charge in [0, 0.05) is 5.57 Å². The first-order chi connectivity index (χ1) is 23.1. The van der Waals surface area contributed by atoms with Crippen LogP contribution in [0.25, 0.3) is 0 Å². The van der Waals surface area contributed by atoms with Crippen molar-refractivity contribution < 1.29 is 8.78 Å². The van der Waals surface area contributed by atoms with Gasteiger partial charge in [-0.3, -0.25) is 0 Å². The van der Waals surface area contributed by atoms with Gasteiger partial charge in [0.25, 0.3) is 0 Å². The number of rotatable bonds is 14. The van der Waals surface area contributed by atoms with Crippen molar-refractivity contribution in [1.82, 2.24) is 0 Å². The first kappa shape index (κ1) is 40.8. The highest BCUT2D eigenvalue weighted by atomic mass is 19.1. The third kappa shape index (κ3) is 8.81. The molecule has 0 saturated heterocycles. The Morgan fingerprint density at radius 1 is 1.04 bits per heavy atom. The summed E-state index contributed by atoms with van der Waals surface area (Å²) >= 11 is 0. The van der Waals surface area contributed by atoms with Crippen molar-refractivity contribution in [3.8, 4) is 12.3 Å². The number of terminal acetylenes is 1. The molecule has 3 rings (SSSR count). The fourth-order valence-electron chi connectivity index (χ4n) is 9.78. The van der Waals surface area contributed by atoms with Crippen LogP contribution in [0.2, 0.25) is 0 Å². The van der Waals surface area contributed by atoms with Gasteiger partial charge in [0.1, 0.15) is 6.17 Å². The summed E-state index contributed by atoms with van der Waals surface area (Å²) in [4.78, 5) is 0. The third-order valence-electron chi connectivity index (χ3n) is 13.0. The van der Waals surface area contributed by atoms with E-state index in [2.05, 4.69) is 80.5 Å².